The quantitative estimate of drug-likeness (QED) is 0.107. The number of halogens is 5. The summed E-state index contributed by atoms with van der Waals surface area (Å²) in [5.74, 6) is -17.0. The average Bonchev–Trinajstić information content (AvgIpc) is 2.86. The Hall–Kier alpha value is -3.91. The van der Waals surface area contributed by atoms with Crippen molar-refractivity contribution in [2.75, 3.05) is 0 Å². The van der Waals surface area contributed by atoms with E-state index in [4.69, 9.17) is 4.74 Å². The lowest BCUT2D eigenvalue weighted by atomic mass is 9.90. The van der Waals surface area contributed by atoms with E-state index in [2.05, 4.69) is 4.28 Å². The zero-order valence-corrected chi connectivity index (χ0v) is 20.5. The Morgan fingerprint density at radius 2 is 1.45 bits per heavy atom. The molecule has 0 N–H and O–H groups in total. The first-order valence-corrected chi connectivity index (χ1v) is 12.2. The molecule has 38 heavy (non-hydrogen) atoms. The van der Waals surface area contributed by atoms with E-state index in [1.165, 1.54) is 24.3 Å². The molecule has 0 aliphatic carbocycles. The van der Waals surface area contributed by atoms with Crippen LogP contribution in [0.15, 0.2) is 35.2 Å². The van der Waals surface area contributed by atoms with Crippen LogP contribution in [0.3, 0.4) is 0 Å². The Morgan fingerprint density at radius 3 is 2.03 bits per heavy atom. The van der Waals surface area contributed by atoms with E-state index < -0.39 is 77.9 Å². The van der Waals surface area contributed by atoms with E-state index >= 15 is 0 Å². The molecule has 0 spiro atoms. The van der Waals surface area contributed by atoms with E-state index in [0.717, 1.165) is 6.07 Å². The van der Waals surface area contributed by atoms with Crippen molar-refractivity contribution >= 4 is 38.7 Å². The summed E-state index contributed by atoms with van der Waals surface area (Å²) in [6, 6.07) is 6.36. The molecule has 4 rings (SSSR count). The van der Waals surface area contributed by atoms with E-state index in [1.807, 2.05) is 0 Å². The normalized spacial score (nSPS) is 13.8. The molecule has 1 heterocycles. The second kappa shape index (κ2) is 9.13. The van der Waals surface area contributed by atoms with Gasteiger partial charge in [0.05, 0.1) is 16.5 Å². The Labute approximate surface area is 211 Å². The molecule has 0 bridgehead atoms. The smallest absolute Gasteiger partial charge is 0.324 e. The molecule has 200 valence electrons. The van der Waals surface area contributed by atoms with Gasteiger partial charge >= 0.3 is 16.1 Å². The number of imide groups is 1. The number of rotatable bonds is 6. The Morgan fingerprint density at radius 1 is 0.895 bits per heavy atom. The van der Waals surface area contributed by atoms with E-state index in [-0.39, 0.29) is 22.1 Å². The number of carbonyl (C=O) groups excluding carboxylic acids is 3. The molecule has 0 atom stereocenters. The van der Waals surface area contributed by atoms with Gasteiger partial charge in [-0.25, -0.2) is 22.0 Å². The second-order valence-electron chi connectivity index (χ2n) is 8.83. The number of hydrogen-bond acceptors (Lipinski definition) is 7. The van der Waals surface area contributed by atoms with Crippen molar-refractivity contribution < 1.29 is 53.8 Å². The molecule has 1 aliphatic rings. The molecule has 2 amide bonds. The topological polar surface area (TPSA) is 107 Å². The Balaban J connectivity index is 1.81. The van der Waals surface area contributed by atoms with Gasteiger partial charge in [-0.15, -0.1) is 9.35 Å². The zero-order valence-electron chi connectivity index (χ0n) is 19.7. The molecule has 0 fully saturated rings. The second-order valence-corrected chi connectivity index (χ2v) is 10.3. The van der Waals surface area contributed by atoms with Gasteiger partial charge in [0.1, 0.15) is 5.75 Å². The molecular formula is C24H16F5NO7S. The van der Waals surface area contributed by atoms with Crippen molar-refractivity contribution in [3.63, 3.8) is 0 Å². The van der Waals surface area contributed by atoms with Crippen molar-refractivity contribution in [3.05, 3.63) is 70.5 Å². The number of esters is 1. The molecule has 8 nitrogen and oxygen atoms in total. The molecular weight excluding hydrogens is 541 g/mol. The van der Waals surface area contributed by atoms with Gasteiger partial charge in [-0.2, -0.15) is 8.42 Å². The fourth-order valence-corrected chi connectivity index (χ4v) is 4.54. The maximum atomic E-state index is 14.2. The first-order valence-electron chi connectivity index (χ1n) is 10.8. The van der Waals surface area contributed by atoms with E-state index in [1.54, 1.807) is 20.8 Å². The van der Waals surface area contributed by atoms with Crippen LogP contribution in [0.4, 0.5) is 22.0 Å². The first kappa shape index (κ1) is 27.1. The highest BCUT2D eigenvalue weighted by Crippen LogP contribution is 2.36. The van der Waals surface area contributed by atoms with Crippen molar-refractivity contribution in [3.8, 4) is 5.75 Å². The summed E-state index contributed by atoms with van der Waals surface area (Å²) < 4.78 is 104. The molecule has 0 radical (unpaired) electrons. The minimum Gasteiger partial charge on any atom is -0.426 e. The number of hydroxylamine groups is 2. The fraction of sp³-hybridized carbons (Fsp3) is 0.208. The fourth-order valence-electron chi connectivity index (χ4n) is 3.51. The highest BCUT2D eigenvalue weighted by Gasteiger charge is 2.42. The summed E-state index contributed by atoms with van der Waals surface area (Å²) in [6.07, 6.45) is 0.404. The van der Waals surface area contributed by atoms with E-state index in [9.17, 15) is 44.8 Å². The molecule has 0 unspecified atom stereocenters. The van der Waals surface area contributed by atoms with Crippen LogP contribution >= 0.6 is 0 Å². The third-order valence-electron chi connectivity index (χ3n) is 6.02. The number of amides is 2. The summed E-state index contributed by atoms with van der Waals surface area (Å²) in [4.78, 5) is 36.2. The van der Waals surface area contributed by atoms with Crippen LogP contribution < -0.4 is 4.74 Å². The van der Waals surface area contributed by atoms with Gasteiger partial charge < -0.3 is 4.74 Å². The van der Waals surface area contributed by atoms with Crippen LogP contribution in [-0.4, -0.2) is 31.3 Å². The zero-order chi connectivity index (χ0) is 28.3. The maximum Gasteiger partial charge on any atom is 0.324 e. The number of hydrogen-bond donors (Lipinski definition) is 0. The van der Waals surface area contributed by atoms with Crippen LogP contribution in [0.1, 0.15) is 47.9 Å². The molecule has 0 saturated heterocycles. The van der Waals surface area contributed by atoms with Crippen LogP contribution in [0.2, 0.25) is 0 Å². The Kier molecular flexibility index (Phi) is 6.52. The largest absolute Gasteiger partial charge is 0.426 e. The molecule has 1 aliphatic heterocycles. The maximum absolute atomic E-state index is 14.2. The van der Waals surface area contributed by atoms with Crippen LogP contribution in [0.25, 0.3) is 10.8 Å². The molecule has 0 saturated carbocycles. The molecule has 0 aromatic heterocycles. The summed E-state index contributed by atoms with van der Waals surface area (Å²) in [6.45, 7) is 4.97. The van der Waals surface area contributed by atoms with E-state index in [0.29, 0.717) is 6.42 Å². The van der Waals surface area contributed by atoms with Gasteiger partial charge in [0, 0.05) is 5.39 Å². The van der Waals surface area contributed by atoms with Crippen LogP contribution in [-0.2, 0) is 19.2 Å². The van der Waals surface area contributed by atoms with Crippen molar-refractivity contribution in [1.29, 1.82) is 0 Å². The molecule has 3 aromatic carbocycles. The molecule has 14 heteroatoms. The first-order chi connectivity index (χ1) is 17.6. The third-order valence-corrected chi connectivity index (χ3v) is 7.22. The summed E-state index contributed by atoms with van der Waals surface area (Å²) in [7, 11) is -5.97. The minimum absolute atomic E-state index is 0.0190. The van der Waals surface area contributed by atoms with Gasteiger partial charge in [-0.05, 0) is 43.9 Å². The lowest BCUT2D eigenvalue weighted by Crippen LogP contribution is -2.42. The predicted octanol–water partition coefficient (Wildman–Crippen LogP) is 4.79. The third kappa shape index (κ3) is 4.19. The van der Waals surface area contributed by atoms with Crippen molar-refractivity contribution in [2.24, 2.45) is 5.41 Å². The number of nitrogens with zero attached hydrogens (tertiary/aromatic N) is 1. The van der Waals surface area contributed by atoms with Gasteiger partial charge in [0.2, 0.25) is 5.82 Å². The lowest BCUT2D eigenvalue weighted by molar-refractivity contribution is -0.144. The summed E-state index contributed by atoms with van der Waals surface area (Å²) in [5.41, 5.74) is -1.61. The van der Waals surface area contributed by atoms with Crippen LogP contribution in [0, 0.1) is 34.5 Å². The minimum atomic E-state index is -5.97. The predicted molar refractivity (Wildman–Crippen MR) is 119 cm³/mol. The lowest BCUT2D eigenvalue weighted by Gasteiger charge is -2.26. The monoisotopic (exact) mass is 557 g/mol. The van der Waals surface area contributed by atoms with Crippen molar-refractivity contribution in [2.45, 2.75) is 32.1 Å². The van der Waals surface area contributed by atoms with Gasteiger partial charge in [-0.1, -0.05) is 19.1 Å². The highest BCUT2D eigenvalue weighted by molar-refractivity contribution is 7.86. The highest BCUT2D eigenvalue weighted by atomic mass is 32.2. The van der Waals surface area contributed by atoms with Gasteiger partial charge in [0.25, 0.3) is 11.8 Å². The number of ether oxygens (including phenoxy) is 1. The standard InChI is InChI=1S/C24H16F5NO7S/c1-4-24(2,3)23(33)36-11-8-10-6-5-7-12-14(10)13(9-11)22(32)30(21(12)31)37-38(34,35)20-18(28)16(26)15(25)17(27)19(20)29/h5-9H,4H2,1-3H3. The number of carbonyl (C=O) groups is 3. The SMILES string of the molecule is CCC(C)(C)C(=O)Oc1cc2c3c(cccc3c1)C(=O)N(OS(=O)(=O)c1c(F)c(F)c(F)c(F)c1F)C2=O. The van der Waals surface area contributed by atoms with Crippen LogP contribution in [0.5, 0.6) is 5.75 Å². The van der Waals surface area contributed by atoms with Gasteiger partial charge in [0.15, 0.2) is 28.2 Å². The number of benzene rings is 3. The summed E-state index contributed by atoms with van der Waals surface area (Å²) in [5, 5.41) is -0.141. The summed E-state index contributed by atoms with van der Waals surface area (Å²) >= 11 is 0. The molecule has 3 aromatic rings. The Bertz CT molecular complexity index is 1640. The average molecular weight is 557 g/mol. The van der Waals surface area contributed by atoms with Crippen molar-refractivity contribution in [1.82, 2.24) is 5.06 Å². The van der Waals surface area contributed by atoms with Gasteiger partial charge in [-0.3, -0.25) is 14.4 Å².